The number of aromatic nitrogens is 3. The molecular weight excluding hydrogens is 629 g/mol. The van der Waals surface area contributed by atoms with Crippen LogP contribution >= 0.6 is 0 Å². The summed E-state index contributed by atoms with van der Waals surface area (Å²) in [6, 6.07) is 19.4. The SMILES string of the molecule is O=C([O-])C1(O)C(=O)Nc2c(c(C3CCN(c4ccc(OC(F)F)cn4)CC3)nn2C(c2ccccc2)c2ccccc2)C1C(F)(F)F. The molecule has 0 bridgehead atoms. The van der Waals surface area contributed by atoms with Crippen molar-refractivity contribution < 1.29 is 46.5 Å². The summed E-state index contributed by atoms with van der Waals surface area (Å²) in [4.78, 5) is 31.2. The number of halogens is 5. The van der Waals surface area contributed by atoms with E-state index < -0.39 is 53.7 Å². The highest BCUT2D eigenvalue weighted by Gasteiger charge is 2.64. The fourth-order valence-electron chi connectivity index (χ4n) is 6.38. The van der Waals surface area contributed by atoms with Gasteiger partial charge in [0.25, 0.3) is 5.91 Å². The van der Waals surface area contributed by atoms with Gasteiger partial charge in [0.05, 0.1) is 17.9 Å². The number of carboxylic acids is 1. The smallest absolute Gasteiger partial charge is 0.399 e. The highest BCUT2D eigenvalue weighted by atomic mass is 19.4. The molecule has 4 aromatic rings. The number of carbonyl (C=O) groups excluding carboxylic acids is 2. The molecule has 2 aliphatic rings. The van der Waals surface area contributed by atoms with Crippen LogP contribution in [0, 0.1) is 0 Å². The van der Waals surface area contributed by atoms with Crippen LogP contribution in [0.4, 0.5) is 33.6 Å². The largest absolute Gasteiger partial charge is 0.546 e. The number of rotatable bonds is 8. The Morgan fingerprint density at radius 1 is 1.00 bits per heavy atom. The Bertz CT molecular complexity index is 1710. The van der Waals surface area contributed by atoms with Crippen molar-refractivity contribution in [2.24, 2.45) is 0 Å². The summed E-state index contributed by atoms with van der Waals surface area (Å²) in [5, 5.41) is 29.9. The first kappa shape index (κ1) is 31.9. The normalized spacial score (nSPS) is 20.3. The number of aliphatic hydroxyl groups is 1. The number of hydrogen-bond donors (Lipinski definition) is 2. The highest BCUT2D eigenvalue weighted by Crippen LogP contribution is 2.52. The van der Waals surface area contributed by atoms with Crippen LogP contribution in [0.25, 0.3) is 0 Å². The molecule has 2 atom stereocenters. The molecule has 0 aliphatic carbocycles. The lowest BCUT2D eigenvalue weighted by molar-refractivity contribution is -0.329. The standard InChI is InChI=1S/C32H28F5N5O5/c33-30(34)47-21-11-12-22(38-17-21)41-15-13-18(14-16-41)24-23-26(32(35,36)37)31(46,29(44)45)28(43)39-27(23)42(40-24)25(19-7-3-1-4-8-19)20-9-5-2-6-10-20/h1-12,17-18,25-26,30,46H,13-16H2,(H,39,43)(H,44,45)/p-1. The van der Waals surface area contributed by atoms with Gasteiger partial charge in [-0.3, -0.25) is 4.79 Å². The second-order valence-electron chi connectivity index (χ2n) is 11.3. The molecule has 0 spiro atoms. The molecule has 6 rings (SSSR count). The Balaban J connectivity index is 1.46. The van der Waals surface area contributed by atoms with Crippen molar-refractivity contribution in [3.05, 3.63) is 101 Å². The Kier molecular flexibility index (Phi) is 8.34. The number of benzene rings is 2. The van der Waals surface area contributed by atoms with Gasteiger partial charge in [0, 0.05) is 24.6 Å². The van der Waals surface area contributed by atoms with Crippen molar-refractivity contribution in [3.8, 4) is 5.75 Å². The van der Waals surface area contributed by atoms with Gasteiger partial charge in [0.2, 0.25) is 0 Å². The molecule has 0 radical (unpaired) electrons. The molecule has 246 valence electrons. The highest BCUT2D eigenvalue weighted by molar-refractivity contribution is 6.13. The lowest BCUT2D eigenvalue weighted by atomic mass is 9.75. The predicted octanol–water partition coefficient (Wildman–Crippen LogP) is 3.98. The second kappa shape index (κ2) is 12.3. The van der Waals surface area contributed by atoms with E-state index in [4.69, 9.17) is 0 Å². The van der Waals surface area contributed by atoms with Crippen LogP contribution in [-0.2, 0) is 9.59 Å². The first-order chi connectivity index (χ1) is 22.4. The lowest BCUT2D eigenvalue weighted by Gasteiger charge is -2.41. The summed E-state index contributed by atoms with van der Waals surface area (Å²) in [7, 11) is 0. The molecule has 15 heteroatoms. The fourth-order valence-corrected chi connectivity index (χ4v) is 6.38. The second-order valence-corrected chi connectivity index (χ2v) is 11.3. The van der Waals surface area contributed by atoms with Gasteiger partial charge in [-0.2, -0.15) is 27.1 Å². The third kappa shape index (κ3) is 5.86. The monoisotopic (exact) mass is 656 g/mol. The Labute approximate surface area is 264 Å². The molecular formula is C32H27F5N5O5-. The van der Waals surface area contributed by atoms with Gasteiger partial charge in [-0.05, 0) is 36.1 Å². The molecule has 2 unspecified atom stereocenters. The van der Waals surface area contributed by atoms with E-state index in [1.165, 1.54) is 16.8 Å². The number of alkyl halides is 5. The van der Waals surface area contributed by atoms with E-state index >= 15 is 0 Å². The number of hydrogen-bond acceptors (Lipinski definition) is 8. The van der Waals surface area contributed by atoms with Gasteiger partial charge in [-0.15, -0.1) is 0 Å². The molecule has 1 saturated heterocycles. The zero-order valence-corrected chi connectivity index (χ0v) is 24.4. The number of anilines is 2. The number of pyridine rings is 1. The van der Waals surface area contributed by atoms with Gasteiger partial charge in [0.15, 0.2) is 5.60 Å². The van der Waals surface area contributed by atoms with E-state index in [-0.39, 0.29) is 43.2 Å². The van der Waals surface area contributed by atoms with Crippen LogP contribution in [0.3, 0.4) is 0 Å². The summed E-state index contributed by atoms with van der Waals surface area (Å²) < 4.78 is 75.4. The number of aliphatic carboxylic acids is 1. The predicted molar refractivity (Wildman–Crippen MR) is 155 cm³/mol. The van der Waals surface area contributed by atoms with E-state index in [9.17, 15) is 41.8 Å². The van der Waals surface area contributed by atoms with Crippen LogP contribution < -0.4 is 20.1 Å². The van der Waals surface area contributed by atoms with Crippen molar-refractivity contribution in [3.63, 3.8) is 0 Å². The summed E-state index contributed by atoms with van der Waals surface area (Å²) in [6.07, 6.45) is -3.81. The average Bonchev–Trinajstić information content (AvgIpc) is 3.39. The molecule has 10 nitrogen and oxygen atoms in total. The minimum atomic E-state index is -5.40. The molecule has 4 heterocycles. The number of piperidine rings is 1. The van der Waals surface area contributed by atoms with E-state index in [1.54, 1.807) is 60.7 Å². The summed E-state index contributed by atoms with van der Waals surface area (Å²) >= 11 is 0. The van der Waals surface area contributed by atoms with Crippen LogP contribution in [-0.4, -0.2) is 63.2 Å². The number of ether oxygens (including phenoxy) is 1. The molecule has 1 fully saturated rings. The zero-order valence-electron chi connectivity index (χ0n) is 24.4. The molecule has 2 N–H and O–H groups in total. The minimum absolute atomic E-state index is 0.118. The summed E-state index contributed by atoms with van der Waals surface area (Å²) in [5.41, 5.74) is -3.49. The Morgan fingerprint density at radius 3 is 2.09 bits per heavy atom. The quantitative estimate of drug-likeness (QED) is 0.215. The molecule has 2 aliphatic heterocycles. The maximum Gasteiger partial charge on any atom is 0.399 e. The third-order valence-corrected chi connectivity index (χ3v) is 8.53. The molecule has 1 amide bonds. The van der Waals surface area contributed by atoms with E-state index in [0.29, 0.717) is 16.9 Å². The summed E-state index contributed by atoms with van der Waals surface area (Å²) in [5.74, 6) is -8.32. The van der Waals surface area contributed by atoms with Crippen LogP contribution in [0.2, 0.25) is 0 Å². The van der Waals surface area contributed by atoms with Gasteiger partial charge in [0.1, 0.15) is 29.3 Å². The third-order valence-electron chi connectivity index (χ3n) is 8.53. The number of amides is 1. The fraction of sp³-hybridized carbons (Fsp3) is 0.312. The molecule has 2 aromatic heterocycles. The maximum atomic E-state index is 14.9. The Hall–Kier alpha value is -5.05. The zero-order chi connectivity index (χ0) is 33.5. The Morgan fingerprint density at radius 2 is 1.60 bits per heavy atom. The molecule has 47 heavy (non-hydrogen) atoms. The summed E-state index contributed by atoms with van der Waals surface area (Å²) in [6.45, 7) is -2.49. The van der Waals surface area contributed by atoms with Crippen molar-refractivity contribution >= 4 is 23.5 Å². The van der Waals surface area contributed by atoms with Gasteiger partial charge >= 0.3 is 12.8 Å². The first-order valence-electron chi connectivity index (χ1n) is 14.6. The average molecular weight is 657 g/mol. The van der Waals surface area contributed by atoms with Crippen molar-refractivity contribution in [2.75, 3.05) is 23.3 Å². The van der Waals surface area contributed by atoms with E-state index in [2.05, 4.69) is 20.1 Å². The molecule has 0 saturated carbocycles. The minimum Gasteiger partial charge on any atom is -0.546 e. The first-order valence-corrected chi connectivity index (χ1v) is 14.6. The van der Waals surface area contributed by atoms with E-state index in [0.717, 1.165) is 6.20 Å². The number of carbonyl (C=O) groups is 2. The van der Waals surface area contributed by atoms with Gasteiger partial charge < -0.3 is 30.0 Å². The van der Waals surface area contributed by atoms with Crippen LogP contribution in [0.15, 0.2) is 79.0 Å². The van der Waals surface area contributed by atoms with Crippen molar-refractivity contribution in [1.29, 1.82) is 0 Å². The van der Waals surface area contributed by atoms with Crippen LogP contribution in [0.1, 0.15) is 53.1 Å². The van der Waals surface area contributed by atoms with Gasteiger partial charge in [-0.25, -0.2) is 9.67 Å². The van der Waals surface area contributed by atoms with Crippen LogP contribution in [0.5, 0.6) is 5.75 Å². The van der Waals surface area contributed by atoms with Crippen molar-refractivity contribution in [2.45, 2.75) is 49.1 Å². The number of nitrogens with one attached hydrogen (secondary N) is 1. The topological polar surface area (TPSA) is 133 Å². The van der Waals surface area contributed by atoms with E-state index in [1.807, 2.05) is 4.90 Å². The molecule has 2 aromatic carbocycles. The maximum absolute atomic E-state index is 14.9. The van der Waals surface area contributed by atoms with Gasteiger partial charge in [-0.1, -0.05) is 60.7 Å². The number of fused-ring (bicyclic) bond motifs is 1. The van der Waals surface area contributed by atoms with Crippen molar-refractivity contribution in [1.82, 2.24) is 14.8 Å². The number of nitrogens with zero attached hydrogens (tertiary/aromatic N) is 4. The lowest BCUT2D eigenvalue weighted by Crippen LogP contribution is -2.65. The number of carboxylic acid groups (broad SMARTS) is 1.